The Balaban J connectivity index is 2.15. The van der Waals surface area contributed by atoms with Crippen LogP contribution in [0.1, 0.15) is 16.1 Å². The number of carbonyl (C=O) groups excluding carboxylic acids is 2. The Bertz CT molecular complexity index is 650. The number of carbonyl (C=O) groups is 2. The summed E-state index contributed by atoms with van der Waals surface area (Å²) in [5.74, 6) is -0.838. The second-order valence-corrected chi connectivity index (χ2v) is 4.54. The average molecular weight is 304 g/mol. The minimum atomic E-state index is -0.867. The third kappa shape index (κ3) is 3.72. The molecule has 22 heavy (non-hydrogen) atoms. The molecule has 0 aromatic carbocycles. The van der Waals surface area contributed by atoms with E-state index in [-0.39, 0.29) is 23.6 Å². The third-order valence-corrected chi connectivity index (χ3v) is 2.90. The van der Waals surface area contributed by atoms with Crippen molar-refractivity contribution in [1.29, 1.82) is 0 Å². The predicted octanol–water partition coefficient (Wildman–Crippen LogP) is -0.517. The Morgan fingerprint density at radius 2 is 2.05 bits per heavy atom. The van der Waals surface area contributed by atoms with Crippen molar-refractivity contribution in [3.05, 3.63) is 35.9 Å². The maximum atomic E-state index is 12.2. The predicted molar refractivity (Wildman–Crippen MR) is 78.6 cm³/mol. The van der Waals surface area contributed by atoms with Crippen molar-refractivity contribution in [2.75, 3.05) is 18.6 Å². The lowest BCUT2D eigenvalue weighted by molar-refractivity contribution is -0.142. The number of nitrogens with two attached hydrogens (primary N) is 2. The molecule has 9 heteroatoms. The molecule has 0 saturated carbocycles. The number of methoxy groups -OCH3 is 1. The van der Waals surface area contributed by atoms with Gasteiger partial charge in [-0.25, -0.2) is 14.8 Å². The van der Waals surface area contributed by atoms with E-state index in [1.54, 1.807) is 6.20 Å². The molecule has 116 valence electrons. The van der Waals surface area contributed by atoms with E-state index in [2.05, 4.69) is 20.3 Å². The van der Waals surface area contributed by atoms with Crippen LogP contribution in [0.3, 0.4) is 0 Å². The van der Waals surface area contributed by atoms with E-state index in [0.717, 1.165) is 0 Å². The van der Waals surface area contributed by atoms with Crippen LogP contribution in [0.15, 0.2) is 24.7 Å². The van der Waals surface area contributed by atoms with Crippen LogP contribution >= 0.6 is 0 Å². The first kappa shape index (κ1) is 15.3. The number of pyridine rings is 1. The normalized spacial score (nSPS) is 11.7. The van der Waals surface area contributed by atoms with Crippen LogP contribution in [0.4, 0.5) is 11.6 Å². The van der Waals surface area contributed by atoms with E-state index in [1.165, 1.54) is 25.6 Å². The molecule has 1 amide bonds. The number of nitrogen functional groups attached to an aromatic ring is 2. The van der Waals surface area contributed by atoms with Gasteiger partial charge in [-0.3, -0.25) is 4.79 Å². The monoisotopic (exact) mass is 304 g/mol. The smallest absolute Gasteiger partial charge is 0.328 e. The standard InChI is InChI=1S/C13H16N6O3/c1-22-13(21)9(4-8-5-16-6-17-8)18-12(20)7-2-10(14)19-11(15)3-7/h2-3,5-6,9H,4H2,1H3,(H,16,17)(H,18,20)(H4,14,15,19)/t9-/m1/s1. The maximum absolute atomic E-state index is 12.2. The molecule has 0 radical (unpaired) electrons. The average Bonchev–Trinajstić information content (AvgIpc) is 2.97. The fraction of sp³-hybridized carbons (Fsp3) is 0.231. The highest BCUT2D eigenvalue weighted by Crippen LogP contribution is 2.10. The number of anilines is 2. The summed E-state index contributed by atoms with van der Waals surface area (Å²) in [5, 5.41) is 2.58. The van der Waals surface area contributed by atoms with Crippen LogP contribution in [0.25, 0.3) is 0 Å². The van der Waals surface area contributed by atoms with E-state index in [1.807, 2.05) is 0 Å². The van der Waals surface area contributed by atoms with E-state index in [0.29, 0.717) is 5.69 Å². The SMILES string of the molecule is COC(=O)[C@@H](Cc1cnc[nH]1)NC(=O)c1cc(N)nc(N)c1. The highest BCUT2D eigenvalue weighted by atomic mass is 16.5. The molecular formula is C13H16N6O3. The molecule has 9 nitrogen and oxygen atoms in total. The molecule has 0 spiro atoms. The summed E-state index contributed by atoms with van der Waals surface area (Å²) < 4.78 is 4.70. The van der Waals surface area contributed by atoms with Crippen LogP contribution in [0.2, 0.25) is 0 Å². The molecule has 0 fully saturated rings. The number of hydrogen-bond donors (Lipinski definition) is 4. The first-order valence-corrected chi connectivity index (χ1v) is 6.38. The Kier molecular flexibility index (Phi) is 4.57. The Morgan fingerprint density at radius 3 is 2.59 bits per heavy atom. The van der Waals surface area contributed by atoms with E-state index < -0.39 is 17.9 Å². The van der Waals surface area contributed by atoms with Gasteiger partial charge in [0.15, 0.2) is 0 Å². The van der Waals surface area contributed by atoms with Crippen molar-refractivity contribution in [1.82, 2.24) is 20.3 Å². The molecule has 2 aromatic rings. The Morgan fingerprint density at radius 1 is 1.36 bits per heavy atom. The number of hydrogen-bond acceptors (Lipinski definition) is 7. The molecule has 0 aliphatic rings. The fourth-order valence-electron chi connectivity index (χ4n) is 1.90. The van der Waals surface area contributed by atoms with Gasteiger partial charge in [0.1, 0.15) is 17.7 Å². The van der Waals surface area contributed by atoms with Crippen molar-refractivity contribution in [2.45, 2.75) is 12.5 Å². The lowest BCUT2D eigenvalue weighted by Crippen LogP contribution is -2.43. The molecule has 0 bridgehead atoms. The second kappa shape index (κ2) is 6.57. The number of amides is 1. The summed E-state index contributed by atoms with van der Waals surface area (Å²) in [6.45, 7) is 0. The van der Waals surface area contributed by atoms with E-state index >= 15 is 0 Å². The van der Waals surface area contributed by atoms with Crippen LogP contribution in [0, 0.1) is 0 Å². The summed E-state index contributed by atoms with van der Waals surface area (Å²) in [6.07, 6.45) is 3.26. The van der Waals surface area contributed by atoms with E-state index in [4.69, 9.17) is 16.2 Å². The van der Waals surface area contributed by atoms with Crippen LogP contribution in [-0.2, 0) is 16.0 Å². The number of ether oxygens (including phenoxy) is 1. The molecule has 0 aliphatic carbocycles. The number of aromatic amines is 1. The van der Waals surface area contributed by atoms with E-state index in [9.17, 15) is 9.59 Å². The minimum absolute atomic E-state index is 0.119. The molecule has 0 unspecified atom stereocenters. The summed E-state index contributed by atoms with van der Waals surface area (Å²) in [4.78, 5) is 34.5. The molecule has 6 N–H and O–H groups in total. The van der Waals surface area contributed by atoms with Gasteiger partial charge >= 0.3 is 5.97 Å². The highest BCUT2D eigenvalue weighted by Gasteiger charge is 2.23. The molecular weight excluding hydrogens is 288 g/mol. The molecule has 2 aromatic heterocycles. The first-order chi connectivity index (χ1) is 10.5. The van der Waals surface area contributed by atoms with Crippen LogP contribution in [-0.4, -0.2) is 40.0 Å². The number of nitrogens with zero attached hydrogens (tertiary/aromatic N) is 2. The topological polar surface area (TPSA) is 149 Å². The third-order valence-electron chi connectivity index (χ3n) is 2.90. The number of rotatable bonds is 5. The quantitative estimate of drug-likeness (QED) is 0.543. The zero-order valence-electron chi connectivity index (χ0n) is 11.9. The molecule has 2 heterocycles. The van der Waals surface area contributed by atoms with Gasteiger partial charge in [0, 0.05) is 23.9 Å². The lowest BCUT2D eigenvalue weighted by Gasteiger charge is -2.16. The van der Waals surface area contributed by atoms with Gasteiger partial charge in [-0.2, -0.15) is 0 Å². The Hall–Kier alpha value is -3.10. The maximum Gasteiger partial charge on any atom is 0.328 e. The van der Waals surface area contributed by atoms with Crippen molar-refractivity contribution >= 4 is 23.5 Å². The van der Waals surface area contributed by atoms with Crippen molar-refractivity contribution in [3.8, 4) is 0 Å². The number of esters is 1. The largest absolute Gasteiger partial charge is 0.467 e. The van der Waals surface area contributed by atoms with Gasteiger partial charge in [-0.05, 0) is 12.1 Å². The van der Waals surface area contributed by atoms with Crippen LogP contribution < -0.4 is 16.8 Å². The summed E-state index contributed by atoms with van der Waals surface area (Å²) in [5.41, 5.74) is 12.0. The zero-order valence-corrected chi connectivity index (χ0v) is 11.9. The van der Waals surface area contributed by atoms with Crippen molar-refractivity contribution in [3.63, 3.8) is 0 Å². The minimum Gasteiger partial charge on any atom is -0.467 e. The number of imidazole rings is 1. The number of aromatic nitrogens is 3. The van der Waals surface area contributed by atoms with Gasteiger partial charge in [0.2, 0.25) is 0 Å². The number of H-pyrrole nitrogens is 1. The molecule has 1 atom stereocenters. The fourth-order valence-corrected chi connectivity index (χ4v) is 1.90. The summed E-state index contributed by atoms with van der Waals surface area (Å²) >= 11 is 0. The molecule has 0 saturated heterocycles. The Labute approximate surface area is 126 Å². The summed E-state index contributed by atoms with van der Waals surface area (Å²) in [7, 11) is 1.25. The first-order valence-electron chi connectivity index (χ1n) is 6.38. The molecule has 0 aliphatic heterocycles. The second-order valence-electron chi connectivity index (χ2n) is 4.54. The van der Waals surface area contributed by atoms with Crippen LogP contribution in [0.5, 0.6) is 0 Å². The number of nitrogens with one attached hydrogen (secondary N) is 2. The molecule has 2 rings (SSSR count). The van der Waals surface area contributed by atoms with Gasteiger partial charge in [-0.15, -0.1) is 0 Å². The van der Waals surface area contributed by atoms with Gasteiger partial charge in [0.25, 0.3) is 5.91 Å². The highest BCUT2D eigenvalue weighted by molar-refractivity contribution is 5.97. The van der Waals surface area contributed by atoms with Crippen molar-refractivity contribution in [2.24, 2.45) is 0 Å². The van der Waals surface area contributed by atoms with Gasteiger partial charge in [0.05, 0.1) is 13.4 Å². The summed E-state index contributed by atoms with van der Waals surface area (Å²) in [6, 6.07) is 1.88. The van der Waals surface area contributed by atoms with Gasteiger partial charge in [-0.1, -0.05) is 0 Å². The lowest BCUT2D eigenvalue weighted by atomic mass is 10.1. The van der Waals surface area contributed by atoms with Gasteiger partial charge < -0.3 is 26.5 Å². The zero-order chi connectivity index (χ0) is 16.1. The van der Waals surface area contributed by atoms with Crippen molar-refractivity contribution < 1.29 is 14.3 Å².